The van der Waals surface area contributed by atoms with Crippen molar-refractivity contribution in [1.29, 1.82) is 0 Å². The van der Waals surface area contributed by atoms with E-state index in [0.29, 0.717) is 6.42 Å². The molecule has 142 valence electrons. The maximum Gasteiger partial charge on any atom is 0.308 e. The van der Waals surface area contributed by atoms with Crippen LogP contribution in [0.1, 0.15) is 45.6 Å². The van der Waals surface area contributed by atoms with E-state index in [4.69, 9.17) is 0 Å². The van der Waals surface area contributed by atoms with Gasteiger partial charge in [0.15, 0.2) is 0 Å². The third-order valence-electron chi connectivity index (χ3n) is 5.01. The Morgan fingerprint density at radius 2 is 2.00 bits per heavy atom. The van der Waals surface area contributed by atoms with E-state index in [-0.39, 0.29) is 12.1 Å². The summed E-state index contributed by atoms with van der Waals surface area (Å²) in [7, 11) is 0. The van der Waals surface area contributed by atoms with Gasteiger partial charge in [0.05, 0.1) is 5.92 Å². The van der Waals surface area contributed by atoms with E-state index in [2.05, 4.69) is 10.3 Å². The number of nitrogens with one attached hydrogen (secondary N) is 2. The number of amides is 1. The van der Waals surface area contributed by atoms with E-state index in [0.717, 1.165) is 48.1 Å². The average Bonchev–Trinajstić information content (AvgIpc) is 2.64. The quantitative estimate of drug-likeness (QED) is 0.728. The van der Waals surface area contributed by atoms with Crippen molar-refractivity contribution in [3.63, 3.8) is 0 Å². The summed E-state index contributed by atoms with van der Waals surface area (Å²) in [4.78, 5) is 39.0. The fourth-order valence-electron chi connectivity index (χ4n) is 3.53. The highest BCUT2D eigenvalue weighted by Crippen LogP contribution is 2.18. The van der Waals surface area contributed by atoms with Crippen LogP contribution in [0.4, 0.5) is 0 Å². The maximum absolute atomic E-state index is 12.5. The molecule has 1 aliphatic carbocycles. The molecular formula is C21H24N2O4. The minimum absolute atomic E-state index is 0.0291. The van der Waals surface area contributed by atoms with Crippen molar-refractivity contribution in [3.8, 4) is 0 Å². The minimum Gasteiger partial charge on any atom is -0.481 e. The normalized spacial score (nSPS) is 14.3. The molecule has 1 amide bonds. The Hall–Kier alpha value is -2.89. The molecule has 0 radical (unpaired) electrons. The van der Waals surface area contributed by atoms with Crippen LogP contribution in [0.25, 0.3) is 0 Å². The Morgan fingerprint density at radius 1 is 1.22 bits per heavy atom. The molecule has 1 aliphatic rings. The molecule has 1 atom stereocenters. The molecule has 3 N–H and O–H groups in total. The third-order valence-corrected chi connectivity index (χ3v) is 5.01. The Bertz CT molecular complexity index is 917. The van der Waals surface area contributed by atoms with Crippen LogP contribution in [0, 0.1) is 12.8 Å². The first kappa shape index (κ1) is 18.9. The van der Waals surface area contributed by atoms with Crippen molar-refractivity contribution in [2.45, 2.75) is 39.0 Å². The van der Waals surface area contributed by atoms with E-state index >= 15 is 0 Å². The molecular weight excluding hydrogens is 344 g/mol. The van der Waals surface area contributed by atoms with Gasteiger partial charge in [-0.25, -0.2) is 0 Å². The van der Waals surface area contributed by atoms with Crippen molar-refractivity contribution < 1.29 is 14.7 Å². The molecule has 2 aromatic rings. The lowest BCUT2D eigenvalue weighted by molar-refractivity contribution is -0.141. The zero-order valence-corrected chi connectivity index (χ0v) is 15.4. The summed E-state index contributed by atoms with van der Waals surface area (Å²) in [6.45, 7) is 1.92. The maximum atomic E-state index is 12.5. The van der Waals surface area contributed by atoms with E-state index < -0.39 is 23.4 Å². The highest BCUT2D eigenvalue weighted by molar-refractivity contribution is 5.94. The Kier molecular flexibility index (Phi) is 5.74. The van der Waals surface area contributed by atoms with Crippen molar-refractivity contribution in [3.05, 3.63) is 68.6 Å². The van der Waals surface area contributed by atoms with Gasteiger partial charge in [0.2, 0.25) is 0 Å². The van der Waals surface area contributed by atoms with Crippen LogP contribution in [-0.4, -0.2) is 28.5 Å². The molecule has 3 rings (SSSR count). The van der Waals surface area contributed by atoms with Gasteiger partial charge in [-0.05, 0) is 56.2 Å². The number of hydrogen-bond donors (Lipinski definition) is 3. The van der Waals surface area contributed by atoms with Crippen molar-refractivity contribution in [2.24, 2.45) is 5.92 Å². The molecule has 0 bridgehead atoms. The van der Waals surface area contributed by atoms with Crippen LogP contribution in [0.3, 0.4) is 0 Å². The van der Waals surface area contributed by atoms with Gasteiger partial charge in [0.25, 0.3) is 11.5 Å². The number of aliphatic carboxylic acids is 1. The van der Waals surface area contributed by atoms with Crippen molar-refractivity contribution >= 4 is 11.9 Å². The second-order valence-corrected chi connectivity index (χ2v) is 7.16. The van der Waals surface area contributed by atoms with Gasteiger partial charge in [-0.2, -0.15) is 0 Å². The van der Waals surface area contributed by atoms with Gasteiger partial charge >= 0.3 is 5.97 Å². The summed E-state index contributed by atoms with van der Waals surface area (Å²) < 4.78 is 0. The van der Waals surface area contributed by atoms with Gasteiger partial charge in [-0.3, -0.25) is 14.4 Å². The standard InChI is InChI=1S/C21H24N2O4/c1-13-5-4-6-14(9-13)10-16(21(26)27)12-22-19(24)17-11-15-7-2-3-8-18(15)23-20(17)25/h4-6,9,11,16H,2-3,7-8,10,12H2,1H3,(H,22,24)(H,23,25)(H,26,27). The molecule has 0 saturated carbocycles. The number of aryl methyl sites for hydroxylation is 3. The summed E-state index contributed by atoms with van der Waals surface area (Å²) >= 11 is 0. The van der Waals surface area contributed by atoms with Crippen molar-refractivity contribution in [1.82, 2.24) is 10.3 Å². The van der Waals surface area contributed by atoms with E-state index in [1.807, 2.05) is 31.2 Å². The second-order valence-electron chi connectivity index (χ2n) is 7.16. The highest BCUT2D eigenvalue weighted by Gasteiger charge is 2.21. The number of aromatic nitrogens is 1. The molecule has 27 heavy (non-hydrogen) atoms. The summed E-state index contributed by atoms with van der Waals surface area (Å²) in [5.41, 5.74) is 3.50. The first-order valence-corrected chi connectivity index (χ1v) is 9.25. The average molecular weight is 368 g/mol. The monoisotopic (exact) mass is 368 g/mol. The summed E-state index contributed by atoms with van der Waals surface area (Å²) in [5.74, 6) is -2.26. The van der Waals surface area contributed by atoms with Crippen molar-refractivity contribution in [2.75, 3.05) is 6.54 Å². The molecule has 0 saturated heterocycles. The number of carbonyl (C=O) groups excluding carboxylic acids is 1. The molecule has 1 aromatic heterocycles. The summed E-state index contributed by atoms with van der Waals surface area (Å²) in [6.07, 6.45) is 4.06. The number of H-pyrrole nitrogens is 1. The molecule has 1 heterocycles. The number of carboxylic acid groups (broad SMARTS) is 1. The van der Waals surface area contributed by atoms with E-state index in [9.17, 15) is 19.5 Å². The Morgan fingerprint density at radius 3 is 2.74 bits per heavy atom. The first-order valence-electron chi connectivity index (χ1n) is 9.25. The van der Waals surface area contributed by atoms with Crippen LogP contribution >= 0.6 is 0 Å². The van der Waals surface area contributed by atoms with Gasteiger partial charge in [0.1, 0.15) is 5.56 Å². The topological polar surface area (TPSA) is 99.3 Å². The largest absolute Gasteiger partial charge is 0.481 e. The highest BCUT2D eigenvalue weighted by atomic mass is 16.4. The number of carboxylic acids is 1. The van der Waals surface area contributed by atoms with Gasteiger partial charge in [-0.15, -0.1) is 0 Å². The van der Waals surface area contributed by atoms with Crippen LogP contribution in [0.5, 0.6) is 0 Å². The first-order chi connectivity index (χ1) is 12.9. The zero-order chi connectivity index (χ0) is 19.4. The van der Waals surface area contributed by atoms with E-state index in [1.54, 1.807) is 6.07 Å². The minimum atomic E-state index is -0.976. The van der Waals surface area contributed by atoms with E-state index in [1.165, 1.54) is 0 Å². The number of fused-ring (bicyclic) bond motifs is 1. The molecule has 6 nitrogen and oxygen atoms in total. The lowest BCUT2D eigenvalue weighted by atomic mass is 9.95. The summed E-state index contributed by atoms with van der Waals surface area (Å²) in [6, 6.07) is 9.29. The molecule has 1 aromatic carbocycles. The third kappa shape index (κ3) is 4.64. The predicted octanol–water partition coefficient (Wildman–Crippen LogP) is 2.24. The molecule has 1 unspecified atom stereocenters. The molecule has 6 heteroatoms. The molecule has 0 spiro atoms. The number of rotatable bonds is 6. The Labute approximate surface area is 157 Å². The lowest BCUT2D eigenvalue weighted by Crippen LogP contribution is -2.37. The number of pyridine rings is 1. The summed E-state index contributed by atoms with van der Waals surface area (Å²) in [5, 5.41) is 12.1. The lowest BCUT2D eigenvalue weighted by Gasteiger charge is -2.17. The second kappa shape index (κ2) is 8.20. The van der Waals surface area contributed by atoms with Gasteiger partial charge in [0, 0.05) is 12.2 Å². The van der Waals surface area contributed by atoms with Gasteiger partial charge in [-0.1, -0.05) is 29.8 Å². The molecule has 0 aliphatic heterocycles. The number of carbonyl (C=O) groups is 2. The zero-order valence-electron chi connectivity index (χ0n) is 15.4. The fourth-order valence-corrected chi connectivity index (χ4v) is 3.53. The number of hydrogen-bond acceptors (Lipinski definition) is 3. The van der Waals surface area contributed by atoms with Crippen LogP contribution in [0.15, 0.2) is 35.1 Å². The van der Waals surface area contributed by atoms with Crippen LogP contribution < -0.4 is 10.9 Å². The molecule has 0 fully saturated rings. The SMILES string of the molecule is Cc1cccc(CC(CNC(=O)c2cc3c([nH]c2=O)CCCC3)C(=O)O)c1. The number of benzene rings is 1. The van der Waals surface area contributed by atoms with Crippen LogP contribution in [0.2, 0.25) is 0 Å². The number of aromatic amines is 1. The Balaban J connectivity index is 1.69. The fraction of sp³-hybridized carbons (Fsp3) is 0.381. The predicted molar refractivity (Wildman–Crippen MR) is 102 cm³/mol. The van der Waals surface area contributed by atoms with Crippen LogP contribution in [-0.2, 0) is 24.1 Å². The van der Waals surface area contributed by atoms with Gasteiger partial charge < -0.3 is 15.4 Å². The smallest absolute Gasteiger partial charge is 0.308 e.